The molecule has 0 saturated carbocycles. The van der Waals surface area contributed by atoms with Gasteiger partial charge >= 0.3 is 0 Å². The zero-order chi connectivity index (χ0) is 10.8. The predicted molar refractivity (Wildman–Crippen MR) is 57.1 cm³/mol. The zero-order valence-corrected chi connectivity index (χ0v) is 8.06. The van der Waals surface area contributed by atoms with Gasteiger partial charge in [-0.2, -0.15) is 4.98 Å². The van der Waals surface area contributed by atoms with Gasteiger partial charge in [0.2, 0.25) is 5.95 Å². The molecule has 0 radical (unpaired) electrons. The molecule has 0 amide bonds. The molecule has 0 spiro atoms. The fourth-order valence-electron chi connectivity index (χ4n) is 1.20. The molecule has 2 rings (SSSR count). The van der Waals surface area contributed by atoms with E-state index in [-0.39, 0.29) is 22.7 Å². The standard InChI is InChI=1S/C9H9N5O/c1-2-3-5-4-11-7-6(12-5)8(15)14-9(10)13-7/h2-4H,1H3,(H3,10,11,13,14,15)/b3-2-. The highest BCUT2D eigenvalue weighted by atomic mass is 16.1. The molecule has 2 aromatic rings. The Hall–Kier alpha value is -2.24. The Kier molecular flexibility index (Phi) is 2.17. The zero-order valence-electron chi connectivity index (χ0n) is 8.06. The quantitative estimate of drug-likeness (QED) is 0.695. The molecule has 0 atom stereocenters. The summed E-state index contributed by atoms with van der Waals surface area (Å²) >= 11 is 0. The first-order chi connectivity index (χ1) is 7.20. The maximum atomic E-state index is 11.5. The molecule has 0 aliphatic rings. The molecule has 0 saturated heterocycles. The van der Waals surface area contributed by atoms with Crippen LogP contribution in [0.3, 0.4) is 0 Å². The lowest BCUT2D eigenvalue weighted by atomic mass is 10.4. The van der Waals surface area contributed by atoms with Crippen molar-refractivity contribution in [2.24, 2.45) is 0 Å². The molecule has 0 aliphatic carbocycles. The van der Waals surface area contributed by atoms with E-state index in [9.17, 15) is 4.79 Å². The molecular weight excluding hydrogens is 194 g/mol. The highest BCUT2D eigenvalue weighted by molar-refractivity contribution is 5.70. The van der Waals surface area contributed by atoms with Crippen LogP contribution in [-0.2, 0) is 0 Å². The van der Waals surface area contributed by atoms with Crippen molar-refractivity contribution in [1.82, 2.24) is 19.9 Å². The minimum absolute atomic E-state index is 0.0422. The summed E-state index contributed by atoms with van der Waals surface area (Å²) < 4.78 is 0. The van der Waals surface area contributed by atoms with Crippen molar-refractivity contribution in [3.63, 3.8) is 0 Å². The average Bonchev–Trinajstić information content (AvgIpc) is 2.19. The van der Waals surface area contributed by atoms with Crippen molar-refractivity contribution in [3.05, 3.63) is 28.3 Å². The van der Waals surface area contributed by atoms with Gasteiger partial charge in [-0.15, -0.1) is 0 Å². The molecule has 0 fully saturated rings. The third kappa shape index (κ3) is 1.69. The Labute approximate surface area is 84.9 Å². The summed E-state index contributed by atoms with van der Waals surface area (Å²) in [7, 11) is 0. The van der Waals surface area contributed by atoms with Gasteiger partial charge in [-0.3, -0.25) is 9.78 Å². The van der Waals surface area contributed by atoms with Gasteiger partial charge in [0.05, 0.1) is 11.9 Å². The van der Waals surface area contributed by atoms with Crippen LogP contribution in [0.25, 0.3) is 17.2 Å². The van der Waals surface area contributed by atoms with Crippen molar-refractivity contribution in [2.75, 3.05) is 5.73 Å². The van der Waals surface area contributed by atoms with Gasteiger partial charge < -0.3 is 5.73 Å². The normalized spacial score (nSPS) is 11.3. The molecule has 6 heteroatoms. The summed E-state index contributed by atoms with van der Waals surface area (Å²) in [6, 6.07) is 0. The number of nitrogen functional groups attached to an aromatic ring is 1. The Balaban J connectivity index is 2.77. The molecule has 76 valence electrons. The number of H-pyrrole nitrogens is 1. The summed E-state index contributed by atoms with van der Waals surface area (Å²) in [5, 5.41) is 0. The van der Waals surface area contributed by atoms with E-state index in [1.807, 2.05) is 13.0 Å². The van der Waals surface area contributed by atoms with Crippen molar-refractivity contribution in [3.8, 4) is 0 Å². The van der Waals surface area contributed by atoms with Crippen LogP contribution < -0.4 is 11.3 Å². The van der Waals surface area contributed by atoms with Gasteiger partial charge in [-0.25, -0.2) is 9.97 Å². The molecule has 0 bridgehead atoms. The second-order valence-corrected chi connectivity index (χ2v) is 2.92. The van der Waals surface area contributed by atoms with E-state index in [2.05, 4.69) is 19.9 Å². The SMILES string of the molecule is C/C=C\c1cnc2nc(N)[nH]c(=O)c2n1. The van der Waals surface area contributed by atoms with E-state index in [4.69, 9.17) is 5.73 Å². The van der Waals surface area contributed by atoms with Crippen molar-refractivity contribution in [2.45, 2.75) is 6.92 Å². The van der Waals surface area contributed by atoms with Gasteiger partial charge in [0.1, 0.15) is 0 Å². The van der Waals surface area contributed by atoms with Crippen LogP contribution in [0, 0.1) is 0 Å². The second-order valence-electron chi connectivity index (χ2n) is 2.92. The lowest BCUT2D eigenvalue weighted by Gasteiger charge is -1.97. The smallest absolute Gasteiger partial charge is 0.280 e. The van der Waals surface area contributed by atoms with Gasteiger partial charge in [0.15, 0.2) is 11.2 Å². The Morgan fingerprint density at radius 3 is 3.00 bits per heavy atom. The van der Waals surface area contributed by atoms with Crippen LogP contribution in [0.1, 0.15) is 12.6 Å². The van der Waals surface area contributed by atoms with E-state index >= 15 is 0 Å². The number of aromatic amines is 1. The van der Waals surface area contributed by atoms with E-state index in [1.165, 1.54) is 6.20 Å². The summed E-state index contributed by atoms with van der Waals surface area (Å²) in [6.07, 6.45) is 5.10. The second kappa shape index (κ2) is 3.49. The first-order valence-electron chi connectivity index (χ1n) is 4.36. The van der Waals surface area contributed by atoms with Gasteiger partial charge in [0.25, 0.3) is 5.56 Å². The summed E-state index contributed by atoms with van der Waals surface area (Å²) in [4.78, 5) is 25.8. The Morgan fingerprint density at radius 1 is 1.47 bits per heavy atom. The van der Waals surface area contributed by atoms with E-state index in [0.717, 1.165) is 0 Å². The minimum atomic E-state index is -0.378. The number of hydrogen-bond donors (Lipinski definition) is 2. The summed E-state index contributed by atoms with van der Waals surface area (Å²) in [5.74, 6) is 0.0422. The van der Waals surface area contributed by atoms with Crippen molar-refractivity contribution in [1.29, 1.82) is 0 Å². The number of anilines is 1. The third-order valence-corrected chi connectivity index (χ3v) is 1.79. The highest BCUT2D eigenvalue weighted by Crippen LogP contribution is 2.03. The number of aromatic nitrogens is 4. The average molecular weight is 203 g/mol. The highest BCUT2D eigenvalue weighted by Gasteiger charge is 2.04. The third-order valence-electron chi connectivity index (χ3n) is 1.79. The summed E-state index contributed by atoms with van der Waals surface area (Å²) in [5.41, 5.74) is 6.06. The summed E-state index contributed by atoms with van der Waals surface area (Å²) in [6.45, 7) is 1.86. The molecule has 0 aromatic carbocycles. The largest absolute Gasteiger partial charge is 0.369 e. The fourth-order valence-corrected chi connectivity index (χ4v) is 1.20. The first-order valence-corrected chi connectivity index (χ1v) is 4.36. The maximum Gasteiger partial charge on any atom is 0.280 e. The molecule has 6 nitrogen and oxygen atoms in total. The van der Waals surface area contributed by atoms with Gasteiger partial charge in [-0.1, -0.05) is 6.08 Å². The number of allylic oxidation sites excluding steroid dienone is 1. The van der Waals surface area contributed by atoms with Crippen LogP contribution in [0.5, 0.6) is 0 Å². The van der Waals surface area contributed by atoms with E-state index < -0.39 is 0 Å². The molecule has 0 aliphatic heterocycles. The molecule has 0 unspecified atom stereocenters. The van der Waals surface area contributed by atoms with Gasteiger partial charge in [-0.05, 0) is 13.0 Å². The van der Waals surface area contributed by atoms with Crippen molar-refractivity contribution < 1.29 is 0 Å². The van der Waals surface area contributed by atoms with E-state index in [0.29, 0.717) is 5.69 Å². The molecular formula is C9H9N5O. The van der Waals surface area contributed by atoms with E-state index in [1.54, 1.807) is 6.08 Å². The lowest BCUT2D eigenvalue weighted by Crippen LogP contribution is -2.13. The number of rotatable bonds is 1. The monoisotopic (exact) mass is 203 g/mol. The molecule has 3 N–H and O–H groups in total. The number of fused-ring (bicyclic) bond motifs is 1. The Morgan fingerprint density at radius 2 is 2.27 bits per heavy atom. The van der Waals surface area contributed by atoms with Crippen LogP contribution in [-0.4, -0.2) is 19.9 Å². The maximum absolute atomic E-state index is 11.5. The number of hydrogen-bond acceptors (Lipinski definition) is 5. The van der Waals surface area contributed by atoms with Crippen LogP contribution in [0.2, 0.25) is 0 Å². The fraction of sp³-hybridized carbons (Fsp3) is 0.111. The number of nitrogens with one attached hydrogen (secondary N) is 1. The molecule has 2 aromatic heterocycles. The van der Waals surface area contributed by atoms with Crippen molar-refractivity contribution >= 4 is 23.2 Å². The number of nitrogens with two attached hydrogens (primary N) is 1. The van der Waals surface area contributed by atoms with Gasteiger partial charge in [0, 0.05) is 0 Å². The van der Waals surface area contributed by atoms with Crippen LogP contribution >= 0.6 is 0 Å². The molecule has 15 heavy (non-hydrogen) atoms. The minimum Gasteiger partial charge on any atom is -0.369 e. The Bertz CT molecular complexity index is 587. The lowest BCUT2D eigenvalue weighted by molar-refractivity contribution is 1.12. The topological polar surface area (TPSA) is 97.5 Å². The molecule has 2 heterocycles. The van der Waals surface area contributed by atoms with Crippen LogP contribution in [0.4, 0.5) is 5.95 Å². The van der Waals surface area contributed by atoms with Crippen LogP contribution in [0.15, 0.2) is 17.1 Å². The number of nitrogens with zero attached hydrogens (tertiary/aromatic N) is 3. The first kappa shape index (κ1) is 9.32. The predicted octanol–water partition coefficient (Wildman–Crippen LogP) is 0.328.